The van der Waals surface area contributed by atoms with Crippen LogP contribution in [0, 0.1) is 6.92 Å². The number of halogens is 1. The molecule has 2 N–H and O–H groups in total. The molecule has 2 aromatic heterocycles. The maximum absolute atomic E-state index is 6.42. The summed E-state index contributed by atoms with van der Waals surface area (Å²) in [7, 11) is 0. The van der Waals surface area contributed by atoms with Gasteiger partial charge in [-0.1, -0.05) is 18.2 Å². The molecule has 0 aliphatic rings. The quantitative estimate of drug-likeness (QED) is 0.693. The van der Waals surface area contributed by atoms with Gasteiger partial charge in [-0.3, -0.25) is 0 Å². The molecule has 3 aromatic rings. The van der Waals surface area contributed by atoms with Gasteiger partial charge in [0, 0.05) is 9.58 Å². The Bertz CT molecular complexity index is 679. The van der Waals surface area contributed by atoms with Crippen molar-refractivity contribution >= 4 is 48.7 Å². The summed E-state index contributed by atoms with van der Waals surface area (Å²) in [4.78, 5) is 1.21. The minimum absolute atomic E-state index is 0.0395. The van der Waals surface area contributed by atoms with E-state index in [0.29, 0.717) is 0 Å². The summed E-state index contributed by atoms with van der Waals surface area (Å²) in [6.45, 7) is 2.10. The van der Waals surface area contributed by atoms with Gasteiger partial charge >= 0.3 is 0 Å². The third-order valence-electron chi connectivity index (χ3n) is 3.03. The first-order valence-electron chi connectivity index (χ1n) is 5.64. The van der Waals surface area contributed by atoms with E-state index in [2.05, 4.69) is 58.6 Å². The number of thiophene rings is 2. The van der Waals surface area contributed by atoms with E-state index in [9.17, 15) is 0 Å². The molecule has 4 heteroatoms. The van der Waals surface area contributed by atoms with Gasteiger partial charge in [0.1, 0.15) is 0 Å². The summed E-state index contributed by atoms with van der Waals surface area (Å²) >= 11 is 7.05. The molecule has 18 heavy (non-hydrogen) atoms. The van der Waals surface area contributed by atoms with E-state index in [0.717, 1.165) is 0 Å². The molecule has 0 radical (unpaired) electrons. The lowest BCUT2D eigenvalue weighted by Crippen LogP contribution is -2.10. The van der Waals surface area contributed by atoms with Crippen molar-refractivity contribution in [2.75, 3.05) is 0 Å². The van der Waals surface area contributed by atoms with Crippen LogP contribution in [-0.4, -0.2) is 0 Å². The Balaban J connectivity index is 2.11. The second-order valence-electron chi connectivity index (χ2n) is 4.27. The van der Waals surface area contributed by atoms with Crippen molar-refractivity contribution in [3.05, 3.63) is 55.5 Å². The Kier molecular flexibility index (Phi) is 3.28. The van der Waals surface area contributed by atoms with Crippen LogP contribution in [0.15, 0.2) is 39.5 Å². The van der Waals surface area contributed by atoms with E-state index >= 15 is 0 Å². The van der Waals surface area contributed by atoms with Gasteiger partial charge in [0.05, 0.1) is 9.83 Å². The Morgan fingerprint density at radius 3 is 2.83 bits per heavy atom. The summed E-state index contributed by atoms with van der Waals surface area (Å²) in [5.74, 6) is 0. The Morgan fingerprint density at radius 2 is 2.11 bits per heavy atom. The average molecular weight is 338 g/mol. The molecule has 1 atom stereocenters. The topological polar surface area (TPSA) is 26.0 Å². The fourth-order valence-electron chi connectivity index (χ4n) is 2.05. The second kappa shape index (κ2) is 4.78. The van der Waals surface area contributed by atoms with Crippen molar-refractivity contribution in [1.82, 2.24) is 0 Å². The zero-order valence-electron chi connectivity index (χ0n) is 9.81. The molecule has 1 aromatic carbocycles. The van der Waals surface area contributed by atoms with Crippen LogP contribution >= 0.6 is 38.6 Å². The molecule has 0 amide bonds. The Morgan fingerprint density at radius 1 is 1.28 bits per heavy atom. The van der Waals surface area contributed by atoms with E-state index in [1.807, 2.05) is 0 Å². The zero-order valence-corrected chi connectivity index (χ0v) is 13.0. The lowest BCUT2D eigenvalue weighted by atomic mass is 10.0. The number of rotatable bonds is 2. The highest BCUT2D eigenvalue weighted by Crippen LogP contribution is 2.36. The van der Waals surface area contributed by atoms with Gasteiger partial charge in [0.2, 0.25) is 0 Å². The van der Waals surface area contributed by atoms with Gasteiger partial charge in [-0.15, -0.1) is 22.7 Å². The van der Waals surface area contributed by atoms with Gasteiger partial charge in [-0.2, -0.15) is 0 Å². The highest BCUT2D eigenvalue weighted by molar-refractivity contribution is 9.11. The fraction of sp³-hybridized carbons (Fsp3) is 0.143. The molecule has 2 heterocycles. The van der Waals surface area contributed by atoms with Crippen molar-refractivity contribution in [2.24, 2.45) is 5.73 Å². The molecule has 0 spiro atoms. The number of fused-ring (bicyclic) bond motifs is 1. The first-order valence-corrected chi connectivity index (χ1v) is 8.13. The molecule has 1 nitrogen and oxygen atoms in total. The largest absolute Gasteiger partial charge is 0.320 e. The van der Waals surface area contributed by atoms with E-state index in [4.69, 9.17) is 5.73 Å². The summed E-state index contributed by atoms with van der Waals surface area (Å²) in [5.41, 5.74) is 8.89. The maximum atomic E-state index is 6.42. The minimum Gasteiger partial charge on any atom is -0.320 e. The van der Waals surface area contributed by atoms with Crippen LogP contribution in [0.5, 0.6) is 0 Å². The van der Waals surface area contributed by atoms with Gasteiger partial charge in [-0.05, 0) is 56.9 Å². The molecule has 0 aliphatic heterocycles. The van der Waals surface area contributed by atoms with Crippen molar-refractivity contribution in [3.63, 3.8) is 0 Å². The molecule has 92 valence electrons. The molecule has 0 saturated carbocycles. The molecular weight excluding hydrogens is 326 g/mol. The molecule has 0 saturated heterocycles. The lowest BCUT2D eigenvalue weighted by molar-refractivity contribution is 0.904. The third kappa shape index (κ3) is 2.03. The lowest BCUT2D eigenvalue weighted by Gasteiger charge is -2.11. The average Bonchev–Trinajstić information content (AvgIpc) is 2.95. The van der Waals surface area contributed by atoms with Crippen molar-refractivity contribution in [2.45, 2.75) is 13.0 Å². The minimum atomic E-state index is -0.0395. The van der Waals surface area contributed by atoms with Crippen molar-refractivity contribution in [1.29, 1.82) is 0 Å². The summed E-state index contributed by atoms with van der Waals surface area (Å²) in [5, 5.41) is 3.40. The van der Waals surface area contributed by atoms with Crippen LogP contribution in [0.3, 0.4) is 0 Å². The predicted molar refractivity (Wildman–Crippen MR) is 84.6 cm³/mol. The van der Waals surface area contributed by atoms with Crippen LogP contribution in [0.2, 0.25) is 0 Å². The van der Waals surface area contributed by atoms with E-state index in [1.54, 1.807) is 22.7 Å². The SMILES string of the molecule is Cc1cc(C(N)c2cccc3ccsc23)sc1Br. The van der Waals surface area contributed by atoms with Crippen LogP contribution in [0.1, 0.15) is 22.0 Å². The van der Waals surface area contributed by atoms with Crippen LogP contribution < -0.4 is 5.73 Å². The van der Waals surface area contributed by atoms with Crippen molar-refractivity contribution in [3.8, 4) is 0 Å². The maximum Gasteiger partial charge on any atom is 0.0731 e. The Labute approximate surface area is 122 Å². The first kappa shape index (κ1) is 12.4. The van der Waals surface area contributed by atoms with Gasteiger partial charge in [0.15, 0.2) is 0 Å². The van der Waals surface area contributed by atoms with E-state index in [-0.39, 0.29) is 6.04 Å². The smallest absolute Gasteiger partial charge is 0.0731 e. The zero-order chi connectivity index (χ0) is 12.7. The van der Waals surface area contributed by atoms with E-state index < -0.39 is 0 Å². The molecule has 0 aliphatic carbocycles. The molecule has 3 rings (SSSR count). The number of benzene rings is 1. The monoisotopic (exact) mass is 337 g/mol. The number of nitrogens with two attached hydrogens (primary N) is 1. The predicted octanol–water partition coefficient (Wildman–Crippen LogP) is 5.08. The number of hydrogen-bond acceptors (Lipinski definition) is 3. The van der Waals surface area contributed by atoms with Crippen LogP contribution in [0.25, 0.3) is 10.1 Å². The highest BCUT2D eigenvalue weighted by atomic mass is 79.9. The van der Waals surface area contributed by atoms with E-state index in [1.165, 1.54) is 29.9 Å². The van der Waals surface area contributed by atoms with Crippen molar-refractivity contribution < 1.29 is 0 Å². The number of hydrogen-bond donors (Lipinski definition) is 1. The van der Waals surface area contributed by atoms with Crippen LogP contribution in [-0.2, 0) is 0 Å². The van der Waals surface area contributed by atoms with Gasteiger partial charge < -0.3 is 5.73 Å². The summed E-state index contributed by atoms with van der Waals surface area (Å²) < 4.78 is 2.47. The van der Waals surface area contributed by atoms with Gasteiger partial charge in [0.25, 0.3) is 0 Å². The molecule has 1 unspecified atom stereocenters. The summed E-state index contributed by atoms with van der Waals surface area (Å²) in [6, 6.07) is 10.6. The molecule has 0 bridgehead atoms. The standard InChI is InChI=1S/C14H12BrNS2/c1-8-7-11(18-14(8)15)12(16)10-4-2-3-9-5-6-17-13(9)10/h2-7,12H,16H2,1H3. The Hall–Kier alpha value is -0.680. The molecule has 0 fully saturated rings. The van der Waals surface area contributed by atoms with Crippen LogP contribution in [0.4, 0.5) is 0 Å². The second-order valence-corrected chi connectivity index (χ2v) is 7.59. The summed E-state index contributed by atoms with van der Waals surface area (Å²) in [6.07, 6.45) is 0. The fourth-order valence-corrected chi connectivity index (χ4v) is 4.60. The molecular formula is C14H12BrNS2. The third-order valence-corrected chi connectivity index (χ3v) is 6.23. The van der Waals surface area contributed by atoms with Gasteiger partial charge in [-0.25, -0.2) is 0 Å². The normalized spacial score (nSPS) is 13.1. The highest BCUT2D eigenvalue weighted by Gasteiger charge is 2.16. The number of aryl methyl sites for hydroxylation is 1. The first-order chi connectivity index (χ1) is 8.66.